The second kappa shape index (κ2) is 14.4. The van der Waals surface area contributed by atoms with Crippen molar-refractivity contribution < 1.29 is 28.6 Å². The summed E-state index contributed by atoms with van der Waals surface area (Å²) < 4.78 is 17.1. The highest BCUT2D eigenvalue weighted by Gasteiger charge is 2.38. The van der Waals surface area contributed by atoms with Crippen LogP contribution >= 0.6 is 0 Å². The number of rotatable bonds is 5. The summed E-state index contributed by atoms with van der Waals surface area (Å²) in [5.74, 6) is 1.70. The van der Waals surface area contributed by atoms with Gasteiger partial charge in [0, 0.05) is 32.2 Å². The zero-order valence-electron chi connectivity index (χ0n) is 27.8. The first-order chi connectivity index (χ1) is 22.7. The van der Waals surface area contributed by atoms with Gasteiger partial charge in [0.15, 0.2) is 0 Å². The van der Waals surface area contributed by atoms with Crippen molar-refractivity contribution >= 4 is 28.9 Å². The standard InChI is InChI=1S/C34H47N7O6/c1-20(2)21(3)32(42)40-13-8-10-28(40)31-36-23-12-11-22(17-24(23)37-31)29-25-18-35-30(38-25)27-9-7-14-41(27)33(43)26(39-34(44)45-4)19-46-15-5-6-16-47-29/h11-12,17-18,20-21,26-29H,5-10,13-16,19H2,1-4H3,(H,35,38)(H,36,37)(H,39,44)/t21-,26-,27-,28-,29?/m0/s1. The third-order valence-corrected chi connectivity index (χ3v) is 9.84. The fourth-order valence-electron chi connectivity index (χ4n) is 6.85. The number of fused-ring (bicyclic) bond motifs is 5. The summed E-state index contributed by atoms with van der Waals surface area (Å²) in [6.07, 6.45) is 5.57. The van der Waals surface area contributed by atoms with Gasteiger partial charge in [-0.15, -0.1) is 0 Å². The summed E-state index contributed by atoms with van der Waals surface area (Å²) in [5.41, 5.74) is 3.47. The summed E-state index contributed by atoms with van der Waals surface area (Å²) in [5, 5.41) is 2.64. The molecule has 2 aromatic heterocycles. The number of hydrogen-bond donors (Lipinski definition) is 3. The maximum Gasteiger partial charge on any atom is 0.407 e. The number of nitrogens with one attached hydrogen (secondary N) is 3. The van der Waals surface area contributed by atoms with Gasteiger partial charge in [0.05, 0.1) is 48.7 Å². The van der Waals surface area contributed by atoms with Crippen molar-refractivity contribution in [3.8, 4) is 0 Å². The van der Waals surface area contributed by atoms with Crippen LogP contribution in [0.25, 0.3) is 11.0 Å². The molecule has 2 fully saturated rings. The summed E-state index contributed by atoms with van der Waals surface area (Å²) in [7, 11) is 1.27. The number of H-pyrrole nitrogens is 2. The van der Waals surface area contributed by atoms with E-state index in [9.17, 15) is 14.4 Å². The second-order valence-electron chi connectivity index (χ2n) is 13.3. The molecular weight excluding hydrogens is 602 g/mol. The fourth-order valence-corrected chi connectivity index (χ4v) is 6.85. The van der Waals surface area contributed by atoms with Crippen LogP contribution in [0.1, 0.15) is 100 Å². The highest BCUT2D eigenvalue weighted by Crippen LogP contribution is 2.36. The van der Waals surface area contributed by atoms with E-state index in [-0.39, 0.29) is 42.3 Å². The monoisotopic (exact) mass is 649 g/mol. The number of benzene rings is 1. The molecule has 6 rings (SSSR count). The normalized spacial score (nSPS) is 25.0. The van der Waals surface area contributed by atoms with Crippen LogP contribution in [0, 0.1) is 11.8 Å². The van der Waals surface area contributed by atoms with Gasteiger partial charge in [0.25, 0.3) is 0 Å². The maximum absolute atomic E-state index is 13.6. The highest BCUT2D eigenvalue weighted by molar-refractivity contribution is 5.86. The van der Waals surface area contributed by atoms with Crippen LogP contribution in [-0.4, -0.2) is 93.7 Å². The molecule has 1 aromatic carbocycles. The zero-order valence-corrected chi connectivity index (χ0v) is 27.8. The number of hydrogen-bond acceptors (Lipinski definition) is 8. The first-order valence-corrected chi connectivity index (χ1v) is 16.9. The van der Waals surface area contributed by atoms with E-state index in [4.69, 9.17) is 24.2 Å². The van der Waals surface area contributed by atoms with Gasteiger partial charge in [-0.2, -0.15) is 0 Å². The van der Waals surface area contributed by atoms with Crippen molar-refractivity contribution in [2.24, 2.45) is 11.8 Å². The Morgan fingerprint density at radius 2 is 1.81 bits per heavy atom. The molecule has 3 aliphatic heterocycles. The minimum Gasteiger partial charge on any atom is -0.453 e. The molecule has 47 heavy (non-hydrogen) atoms. The number of alkyl carbamates (subject to hydrolysis) is 1. The number of likely N-dealkylation sites (tertiary alicyclic amines) is 1. The Labute approximate surface area is 275 Å². The second-order valence-corrected chi connectivity index (χ2v) is 13.3. The fraction of sp³-hybridized carbons (Fsp3) is 0.618. The number of aromatic amines is 2. The molecule has 5 atom stereocenters. The third-order valence-electron chi connectivity index (χ3n) is 9.84. The molecule has 254 valence electrons. The van der Waals surface area contributed by atoms with Crippen molar-refractivity contribution in [2.45, 2.75) is 83.5 Å². The van der Waals surface area contributed by atoms with Crippen molar-refractivity contribution in [2.75, 3.05) is 40.0 Å². The molecule has 2 bridgehead atoms. The van der Waals surface area contributed by atoms with Crippen LogP contribution in [0.3, 0.4) is 0 Å². The van der Waals surface area contributed by atoms with E-state index < -0.39 is 18.2 Å². The SMILES string of the molecule is COC(=O)N[C@H]1COCCCCOC(c2ccc3nc([C@@H]4CCCN4C(=O)[C@@H](C)C(C)C)[nH]c3c2)c2cnc([nH]2)[C@@H]2CCCN2C1=O. The molecule has 3 aromatic rings. The predicted molar refractivity (Wildman–Crippen MR) is 173 cm³/mol. The van der Waals surface area contributed by atoms with Gasteiger partial charge in [0.2, 0.25) is 11.8 Å². The van der Waals surface area contributed by atoms with Crippen LogP contribution in [0.15, 0.2) is 24.4 Å². The third kappa shape index (κ3) is 7.01. The van der Waals surface area contributed by atoms with Crippen LogP contribution in [-0.2, 0) is 23.8 Å². The lowest BCUT2D eigenvalue weighted by atomic mass is 9.96. The van der Waals surface area contributed by atoms with Gasteiger partial charge in [-0.25, -0.2) is 14.8 Å². The molecule has 13 nitrogen and oxygen atoms in total. The van der Waals surface area contributed by atoms with Gasteiger partial charge in [-0.1, -0.05) is 26.8 Å². The maximum atomic E-state index is 13.6. The first kappa shape index (κ1) is 33.0. The molecule has 1 unspecified atom stereocenters. The Balaban J connectivity index is 1.27. The van der Waals surface area contributed by atoms with Crippen LogP contribution in [0.5, 0.6) is 0 Å². The van der Waals surface area contributed by atoms with E-state index in [0.29, 0.717) is 25.6 Å². The number of nitrogens with zero attached hydrogens (tertiary/aromatic N) is 4. The number of amides is 3. The van der Waals surface area contributed by atoms with Crippen LogP contribution in [0.4, 0.5) is 4.79 Å². The van der Waals surface area contributed by atoms with Crippen molar-refractivity contribution in [1.29, 1.82) is 0 Å². The first-order valence-electron chi connectivity index (χ1n) is 16.9. The molecule has 3 N–H and O–H groups in total. The largest absolute Gasteiger partial charge is 0.453 e. The summed E-state index contributed by atoms with van der Waals surface area (Å²) in [6.45, 7) is 8.46. The zero-order chi connectivity index (χ0) is 33.1. The van der Waals surface area contributed by atoms with Crippen molar-refractivity contribution in [1.82, 2.24) is 35.1 Å². The Morgan fingerprint density at radius 1 is 1.02 bits per heavy atom. The molecule has 5 heterocycles. The van der Waals surface area contributed by atoms with E-state index in [1.807, 2.05) is 24.0 Å². The Hall–Kier alpha value is -3.97. The van der Waals surface area contributed by atoms with E-state index in [1.54, 1.807) is 11.1 Å². The average Bonchev–Trinajstić information content (AvgIpc) is 3.89. The molecule has 0 saturated carbocycles. The lowest BCUT2D eigenvalue weighted by molar-refractivity contribution is -0.137. The number of imidazole rings is 2. The molecule has 13 heteroatoms. The molecule has 0 radical (unpaired) electrons. The number of ether oxygens (including phenoxy) is 3. The van der Waals surface area contributed by atoms with E-state index in [2.05, 4.69) is 35.2 Å². The number of aromatic nitrogens is 4. The lowest BCUT2D eigenvalue weighted by Gasteiger charge is -2.28. The topological polar surface area (TPSA) is 155 Å². The molecule has 0 spiro atoms. The minimum atomic E-state index is -0.856. The van der Waals surface area contributed by atoms with Crippen LogP contribution in [0.2, 0.25) is 0 Å². The summed E-state index contributed by atoms with van der Waals surface area (Å²) >= 11 is 0. The van der Waals surface area contributed by atoms with E-state index in [1.165, 1.54) is 7.11 Å². The smallest absolute Gasteiger partial charge is 0.407 e. The molecule has 0 aliphatic carbocycles. The summed E-state index contributed by atoms with van der Waals surface area (Å²) in [6, 6.07) is 4.91. The summed E-state index contributed by atoms with van der Waals surface area (Å²) in [4.78, 5) is 59.4. The van der Waals surface area contributed by atoms with Gasteiger partial charge >= 0.3 is 6.09 Å². The Morgan fingerprint density at radius 3 is 2.62 bits per heavy atom. The molecule has 3 aliphatic rings. The predicted octanol–water partition coefficient (Wildman–Crippen LogP) is 4.55. The molecular formula is C34H47N7O6. The van der Waals surface area contributed by atoms with Crippen LogP contribution < -0.4 is 5.32 Å². The quantitative estimate of drug-likeness (QED) is 0.364. The number of methoxy groups -OCH3 is 1. The lowest BCUT2D eigenvalue weighted by Crippen LogP contribution is -2.50. The van der Waals surface area contributed by atoms with Gasteiger partial charge in [-0.3, -0.25) is 9.59 Å². The van der Waals surface area contributed by atoms with Gasteiger partial charge in [-0.05, 0) is 62.1 Å². The molecule has 3 amide bonds. The average molecular weight is 650 g/mol. The molecule has 2 saturated heterocycles. The highest BCUT2D eigenvalue weighted by atomic mass is 16.5. The van der Waals surface area contributed by atoms with E-state index >= 15 is 0 Å². The minimum absolute atomic E-state index is 0.0406. The Kier molecular flexibility index (Phi) is 10.1. The van der Waals surface area contributed by atoms with Crippen molar-refractivity contribution in [3.05, 3.63) is 47.3 Å². The Bertz CT molecular complexity index is 1570. The number of carbonyl (C=O) groups excluding carboxylic acids is 3. The number of carbonyl (C=O) groups is 3. The van der Waals surface area contributed by atoms with Gasteiger partial charge in [0.1, 0.15) is 23.8 Å². The van der Waals surface area contributed by atoms with E-state index in [0.717, 1.165) is 73.2 Å². The van der Waals surface area contributed by atoms with Gasteiger partial charge < -0.3 is 39.3 Å². The van der Waals surface area contributed by atoms with Crippen molar-refractivity contribution in [3.63, 3.8) is 0 Å².